The zero-order chi connectivity index (χ0) is 61.7. The molecule has 0 saturated heterocycles. The van der Waals surface area contributed by atoms with E-state index in [2.05, 4.69) is 70.1 Å². The summed E-state index contributed by atoms with van der Waals surface area (Å²) < 4.78 is 36.0. The van der Waals surface area contributed by atoms with Gasteiger partial charge in [-0.15, -0.1) is 23.2 Å². The summed E-state index contributed by atoms with van der Waals surface area (Å²) in [6, 6.07) is 3.74. The third kappa shape index (κ3) is 47.4. The Balaban J connectivity index is -0.000000110. The molecule has 0 bridgehead atoms. The Bertz CT molecular complexity index is 3680. The summed E-state index contributed by atoms with van der Waals surface area (Å²) in [6.45, 7) is 7.84. The van der Waals surface area contributed by atoms with E-state index < -0.39 is 88.9 Å². The largest absolute Gasteiger partial charge is 1.00 e. The number of aromatic amines is 12. The SMILES string of the molecule is C.C.CC(=O)[Se](=O)(=O)O.Cc1cc(=O)[nH]c(=O)[nH]1.O=CCc1[nH]c(=O)[nH]c(=O)c1I.O=CCc1cc(=O)[nH]c(=O)[nH]1.O=S(Cl)Cl.O=c1[nH]c(CCl)c(I)c(=O)[nH]1.O=c1[nH]c(CO)c(I)c(=O)[nH]1.O=c1cc(CCl)[nH]c(=O)[nH]1.[B].[CH2-]CCC.[H-].[Li+].[Na+]. The van der Waals surface area contributed by atoms with Crippen LogP contribution in [0.2, 0.25) is 0 Å². The molecule has 6 rings (SSSR count). The molecule has 6 aromatic heterocycles. The maximum absolute atomic E-state index is 10.9. The van der Waals surface area contributed by atoms with Crippen molar-refractivity contribution in [1.29, 1.82) is 0 Å². The molecule has 0 unspecified atom stereocenters. The topological polar surface area (TPSA) is 537 Å². The second-order valence-corrected chi connectivity index (χ2v) is 22.8. The van der Waals surface area contributed by atoms with Gasteiger partial charge in [-0.05, 0) is 74.7 Å². The number of aldehydes is 2. The number of hydrogen-bond donors (Lipinski definition) is 14. The number of nitrogens with one attached hydrogen (secondary N) is 12. The first-order valence-corrected chi connectivity index (χ1v) is 30.4. The van der Waals surface area contributed by atoms with Gasteiger partial charge in [-0.1, -0.05) is 28.2 Å². The fraction of sp³-hybridized carbons (Fsp3) is 0.300. The third-order valence-electron chi connectivity index (χ3n) is 7.14. The van der Waals surface area contributed by atoms with Gasteiger partial charge >= 0.3 is 124 Å². The van der Waals surface area contributed by atoms with Crippen LogP contribution in [0.5, 0.6) is 0 Å². The number of halogens is 7. The number of carbonyl (C=O) groups is 3. The fourth-order valence-corrected chi connectivity index (χ4v) is 5.84. The van der Waals surface area contributed by atoms with E-state index in [1.54, 1.807) is 52.1 Å². The van der Waals surface area contributed by atoms with E-state index >= 15 is 0 Å². The first kappa shape index (κ1) is 96.6. The summed E-state index contributed by atoms with van der Waals surface area (Å²) in [5.41, 5.74) is -3.51. The maximum atomic E-state index is 10.9. The number of aromatic nitrogens is 12. The van der Waals surface area contributed by atoms with Crippen molar-refractivity contribution in [2.45, 2.75) is 79.7 Å². The fourth-order valence-electron chi connectivity index (χ4n) is 3.88. The molecule has 0 amide bonds. The summed E-state index contributed by atoms with van der Waals surface area (Å²) in [5, 5.41) is 8.64. The minimum Gasteiger partial charge on any atom is -1.00 e. The summed E-state index contributed by atoms with van der Waals surface area (Å²) in [7, 11) is 7.36. The van der Waals surface area contributed by atoms with Gasteiger partial charge in [-0.25, -0.2) is 33.0 Å². The number of aliphatic hydroxyl groups is 1. The molecule has 0 saturated carbocycles. The number of carbonyl (C=O) groups excluding carboxylic acids is 3. The molecule has 459 valence electrons. The monoisotopic (exact) mass is 1690 g/mol. The van der Waals surface area contributed by atoms with Crippen LogP contribution in [0, 0.1) is 24.6 Å². The number of unbranched alkanes of at least 4 members (excludes halogenated alkanes) is 1. The smallest absolute Gasteiger partial charge is 1.00 e. The number of aliphatic hydroxyl groups excluding tert-OH is 1. The Morgan fingerprint density at radius 2 is 0.905 bits per heavy atom. The van der Waals surface area contributed by atoms with Crippen LogP contribution in [0.3, 0.4) is 0 Å². The Hall–Kier alpha value is -3.71. The second-order valence-electron chi connectivity index (χ2n) is 13.3. The van der Waals surface area contributed by atoms with Gasteiger partial charge in [0.2, 0.25) is 9.23 Å². The van der Waals surface area contributed by atoms with Crippen molar-refractivity contribution in [3.63, 3.8) is 0 Å². The zero-order valence-electron chi connectivity index (χ0n) is 43.8. The third-order valence-corrected chi connectivity index (χ3v) is 12.6. The quantitative estimate of drug-likeness (QED) is 0.0160. The molecule has 0 aliphatic carbocycles. The molecule has 6 aromatic rings. The van der Waals surface area contributed by atoms with Crippen LogP contribution in [0.1, 0.15) is 77.1 Å². The number of rotatable bonds is 9. The van der Waals surface area contributed by atoms with Crippen molar-refractivity contribution >= 4 is 160 Å². The Labute approximate surface area is 573 Å². The Morgan fingerprint density at radius 3 is 1.20 bits per heavy atom. The molecular formula is C40H53BCl4I3LiN12NaO20SSe. The van der Waals surface area contributed by atoms with Crippen molar-refractivity contribution in [3.05, 3.63) is 195 Å². The molecule has 44 heteroatoms. The van der Waals surface area contributed by atoms with E-state index in [-0.39, 0.29) is 116 Å². The minimum absolute atomic E-state index is 0. The summed E-state index contributed by atoms with van der Waals surface area (Å²) in [6.07, 6.45) is 3.63. The molecule has 0 aliphatic heterocycles. The van der Waals surface area contributed by atoms with Crippen LogP contribution in [-0.2, 0) is 62.5 Å². The molecular weight excluding hydrogens is 1640 g/mol. The Morgan fingerprint density at radius 1 is 0.607 bits per heavy atom. The van der Waals surface area contributed by atoms with Crippen LogP contribution in [0.15, 0.2) is 75.7 Å². The van der Waals surface area contributed by atoms with E-state index in [1.165, 1.54) is 24.6 Å². The van der Waals surface area contributed by atoms with E-state index in [0.29, 0.717) is 51.8 Å². The van der Waals surface area contributed by atoms with Gasteiger partial charge in [0.1, 0.15) is 16.1 Å². The van der Waals surface area contributed by atoms with E-state index in [4.69, 9.17) is 36.7 Å². The van der Waals surface area contributed by atoms with Gasteiger partial charge in [0, 0.05) is 83.6 Å². The van der Waals surface area contributed by atoms with Gasteiger partial charge < -0.3 is 52.9 Å². The van der Waals surface area contributed by atoms with Crippen LogP contribution in [0.25, 0.3) is 0 Å². The zero-order valence-corrected chi connectivity index (χ0v) is 56.9. The van der Waals surface area contributed by atoms with Crippen LogP contribution in [0.4, 0.5) is 0 Å². The first-order valence-electron chi connectivity index (χ1n) is 20.3. The predicted molar refractivity (Wildman–Crippen MR) is 334 cm³/mol. The molecule has 0 aliphatic rings. The average molecular weight is 1700 g/mol. The second kappa shape index (κ2) is 53.5. The number of H-pyrrole nitrogens is 12. The molecule has 0 fully saturated rings. The molecule has 14 N–H and O–H groups in total. The summed E-state index contributed by atoms with van der Waals surface area (Å²) >= 11 is 11.1. The van der Waals surface area contributed by atoms with E-state index in [0.717, 1.165) is 13.3 Å². The average Bonchev–Trinajstić information content (AvgIpc) is 3.33. The Kier molecular flexibility index (Phi) is 61.5. The first-order chi connectivity index (χ1) is 36.7. The molecule has 0 aromatic carbocycles. The summed E-state index contributed by atoms with van der Waals surface area (Å²) in [5.74, 6) is 0.274. The van der Waals surface area contributed by atoms with E-state index in [9.17, 15) is 79.6 Å². The van der Waals surface area contributed by atoms with Crippen LogP contribution >= 0.6 is 112 Å². The standard InChI is InChI=1S/C6H5IN2O3.C6H6N2O3.C5H4ClIN2O2.C5H5ClN2O2.C5H5IN2O3.C5H6N2O2.C4H9.C2H4O4Se.2CH4.B.Cl2OS.Li.Na.H/c7-4-3(1-2-10)8-6(12)9-5(4)11;9-2-1-4-3-5(10)8-6(11)7-4;6-1-2-3(7)4(10)9-5(11)8-2;6-2-3-1-4(9)8-5(10)7-3;6-3-2(1-9)7-5(11)8-4(3)10;1-3-2-4(8)7-5(9)6-3;1-3-4-2;1-2(3)7(4,5)6;;;;1-4(2)3;;;/h2H,1H2,(H2,8,9,11,12);2-3H,1H2,(H2,7,8,10,11);1H2,(H2,8,9,10,11);1H,2H2,(H2,7,8,9,10);9H,1H2,(H2,7,8,10,11);2H,1H3,(H2,6,7,8,9);1,3-4H2,2H3;1H3,(H,4,5,6);2*1H4;;;;;/q;;;;;;-1;;;;;;2*+1;-1. The number of hydrogen-bond acceptors (Lipinski definition) is 19. The van der Waals surface area contributed by atoms with Crippen molar-refractivity contribution in [2.75, 3.05) is 0 Å². The van der Waals surface area contributed by atoms with Crippen molar-refractivity contribution in [1.82, 2.24) is 59.8 Å². The van der Waals surface area contributed by atoms with Gasteiger partial charge in [-0.2, -0.15) is 6.42 Å². The maximum Gasteiger partial charge on any atom is 1.00 e. The van der Waals surface area contributed by atoms with Crippen molar-refractivity contribution < 1.29 is 85.4 Å². The van der Waals surface area contributed by atoms with Crippen LogP contribution in [-0.4, -0.2) is 112 Å². The molecule has 32 nitrogen and oxygen atoms in total. The molecule has 3 radical (unpaired) electrons. The van der Waals surface area contributed by atoms with E-state index in [1.807, 2.05) is 47.5 Å². The minimum atomic E-state index is -5.03. The van der Waals surface area contributed by atoms with Crippen molar-refractivity contribution in [3.8, 4) is 0 Å². The van der Waals surface area contributed by atoms with Crippen LogP contribution < -0.4 is 116 Å². The predicted octanol–water partition coefficient (Wildman–Crippen LogP) is -6.46. The molecule has 0 atom stereocenters. The molecule has 84 heavy (non-hydrogen) atoms. The van der Waals surface area contributed by atoms with Gasteiger partial charge in [0.15, 0.2) is 0 Å². The summed E-state index contributed by atoms with van der Waals surface area (Å²) in [4.78, 5) is 184. The molecule has 6 heterocycles. The van der Waals surface area contributed by atoms with Gasteiger partial charge in [-0.3, -0.25) is 58.7 Å². The van der Waals surface area contributed by atoms with Gasteiger partial charge in [0.05, 0.1) is 36.9 Å². The van der Waals surface area contributed by atoms with Gasteiger partial charge in [0.25, 0.3) is 33.4 Å². The van der Waals surface area contributed by atoms with Crippen molar-refractivity contribution in [2.24, 2.45) is 0 Å². The number of aryl methyl sites for hydroxylation is 1. The molecule has 0 spiro atoms. The normalized spacial score (nSPS) is 9.12. The number of alkyl halides is 2.